The molecule has 1 heterocycles. The molecule has 0 radical (unpaired) electrons. The summed E-state index contributed by atoms with van der Waals surface area (Å²) in [6.45, 7) is 3.56. The first kappa shape index (κ1) is 21.4. The standard InChI is InChI=1S/C19H14FN3O5S2/c1-2-10-22-18(24)17(12-13-4-3-5-15(11-13)23(25)26)29-19(22)21-30(27,28)16-8-6-14(20)7-9-16/h2-9,11-12H,1,10H2/b17-12-,21-19+. The lowest BCUT2D eigenvalue weighted by atomic mass is 10.2. The molecular weight excluding hydrogens is 433 g/mol. The number of carbonyl (C=O) groups excluding carboxylic acids is 1. The molecule has 0 aliphatic carbocycles. The van der Waals surface area contributed by atoms with Gasteiger partial charge in [0.2, 0.25) is 0 Å². The van der Waals surface area contributed by atoms with E-state index >= 15 is 0 Å². The lowest BCUT2D eigenvalue weighted by molar-refractivity contribution is -0.384. The topological polar surface area (TPSA) is 110 Å². The van der Waals surface area contributed by atoms with Crippen LogP contribution >= 0.6 is 11.8 Å². The van der Waals surface area contributed by atoms with Gasteiger partial charge in [-0.25, -0.2) is 4.39 Å². The smallest absolute Gasteiger partial charge is 0.282 e. The van der Waals surface area contributed by atoms with Gasteiger partial charge in [-0.1, -0.05) is 18.2 Å². The van der Waals surface area contributed by atoms with Gasteiger partial charge >= 0.3 is 0 Å². The van der Waals surface area contributed by atoms with E-state index in [0.717, 1.165) is 40.9 Å². The zero-order valence-electron chi connectivity index (χ0n) is 15.3. The molecule has 2 aromatic carbocycles. The maximum absolute atomic E-state index is 13.1. The van der Waals surface area contributed by atoms with E-state index in [-0.39, 0.29) is 27.2 Å². The molecule has 0 spiro atoms. The molecule has 0 atom stereocenters. The number of non-ortho nitro benzene ring substituents is 1. The molecule has 0 unspecified atom stereocenters. The molecule has 1 saturated heterocycles. The van der Waals surface area contributed by atoms with Gasteiger partial charge in [0.05, 0.1) is 14.7 Å². The van der Waals surface area contributed by atoms with Gasteiger partial charge in [0, 0.05) is 18.7 Å². The fourth-order valence-corrected chi connectivity index (χ4v) is 4.70. The predicted octanol–water partition coefficient (Wildman–Crippen LogP) is 3.58. The van der Waals surface area contributed by atoms with Crippen molar-refractivity contribution >= 4 is 44.6 Å². The maximum Gasteiger partial charge on any atom is 0.284 e. The Labute approximate surface area is 175 Å². The summed E-state index contributed by atoms with van der Waals surface area (Å²) >= 11 is 0.817. The number of benzene rings is 2. The number of nitro benzene ring substituents is 1. The second kappa shape index (κ2) is 8.59. The fraction of sp³-hybridized carbons (Fsp3) is 0.0526. The van der Waals surface area contributed by atoms with Crippen LogP contribution in [0.5, 0.6) is 0 Å². The van der Waals surface area contributed by atoms with E-state index in [0.29, 0.717) is 5.56 Å². The number of hydrogen-bond acceptors (Lipinski definition) is 6. The van der Waals surface area contributed by atoms with Gasteiger partial charge in [-0.15, -0.1) is 11.0 Å². The highest BCUT2D eigenvalue weighted by Gasteiger charge is 2.34. The Hall–Kier alpha value is -3.31. The van der Waals surface area contributed by atoms with Crippen molar-refractivity contribution in [3.05, 3.63) is 87.6 Å². The lowest BCUT2D eigenvalue weighted by Crippen LogP contribution is -2.29. The highest BCUT2D eigenvalue weighted by atomic mass is 32.2. The maximum atomic E-state index is 13.1. The molecule has 1 amide bonds. The number of amides is 1. The van der Waals surface area contributed by atoms with Crippen LogP contribution in [0.2, 0.25) is 0 Å². The number of sulfonamides is 1. The second-order valence-electron chi connectivity index (χ2n) is 5.97. The third kappa shape index (κ3) is 4.63. The van der Waals surface area contributed by atoms with Crippen LogP contribution in [0.3, 0.4) is 0 Å². The number of nitro groups is 1. The molecule has 0 aromatic heterocycles. The van der Waals surface area contributed by atoms with E-state index in [9.17, 15) is 27.7 Å². The zero-order valence-corrected chi connectivity index (χ0v) is 16.9. The van der Waals surface area contributed by atoms with Crippen LogP contribution in [0.15, 0.2) is 75.4 Å². The molecule has 0 saturated carbocycles. The number of rotatable bonds is 6. The highest BCUT2D eigenvalue weighted by Crippen LogP contribution is 2.34. The van der Waals surface area contributed by atoms with E-state index in [2.05, 4.69) is 11.0 Å². The first-order valence-corrected chi connectivity index (χ1v) is 10.6. The molecule has 154 valence electrons. The van der Waals surface area contributed by atoms with Crippen molar-refractivity contribution in [2.24, 2.45) is 4.40 Å². The Bertz CT molecular complexity index is 1190. The molecule has 8 nitrogen and oxygen atoms in total. The van der Waals surface area contributed by atoms with Crippen molar-refractivity contribution in [3.8, 4) is 0 Å². The van der Waals surface area contributed by atoms with Gasteiger partial charge in [0.15, 0.2) is 5.17 Å². The summed E-state index contributed by atoms with van der Waals surface area (Å²) in [5.41, 5.74) is 0.261. The molecule has 11 heteroatoms. The van der Waals surface area contributed by atoms with Crippen LogP contribution in [0.4, 0.5) is 10.1 Å². The van der Waals surface area contributed by atoms with Crippen LogP contribution in [0.1, 0.15) is 5.56 Å². The second-order valence-corrected chi connectivity index (χ2v) is 8.58. The Morgan fingerprint density at radius 1 is 1.23 bits per heavy atom. The fourth-order valence-electron chi connectivity index (χ4n) is 2.51. The number of thioether (sulfide) groups is 1. The summed E-state index contributed by atoms with van der Waals surface area (Å²) in [7, 11) is -4.19. The molecule has 30 heavy (non-hydrogen) atoms. The summed E-state index contributed by atoms with van der Waals surface area (Å²) in [4.78, 5) is 24.2. The normalized spacial score (nSPS) is 17.0. The van der Waals surface area contributed by atoms with Gasteiger partial charge in [-0.05, 0) is 47.7 Å². The highest BCUT2D eigenvalue weighted by molar-refractivity contribution is 8.19. The van der Waals surface area contributed by atoms with Crippen LogP contribution < -0.4 is 0 Å². The number of hydrogen-bond donors (Lipinski definition) is 0. The molecule has 1 fully saturated rings. The quantitative estimate of drug-likeness (QED) is 0.290. The van der Waals surface area contributed by atoms with Gasteiger partial charge in [0.1, 0.15) is 5.82 Å². The van der Waals surface area contributed by atoms with E-state index in [1.807, 2.05) is 0 Å². The van der Waals surface area contributed by atoms with Crippen molar-refractivity contribution in [3.63, 3.8) is 0 Å². The van der Waals surface area contributed by atoms with Crippen LogP contribution in [-0.2, 0) is 14.8 Å². The summed E-state index contributed by atoms with van der Waals surface area (Å²) in [6.07, 6.45) is 2.83. The van der Waals surface area contributed by atoms with Crippen LogP contribution in [-0.4, -0.2) is 35.9 Å². The molecular formula is C19H14FN3O5S2. The average Bonchev–Trinajstić information content (AvgIpc) is 2.97. The third-order valence-corrected chi connectivity index (χ3v) is 6.29. The summed E-state index contributed by atoms with van der Waals surface area (Å²) in [5, 5.41) is 10.8. The monoisotopic (exact) mass is 447 g/mol. The van der Waals surface area contributed by atoms with Crippen LogP contribution in [0.25, 0.3) is 6.08 Å². The molecule has 1 aliphatic heterocycles. The van der Waals surface area contributed by atoms with Gasteiger partial charge < -0.3 is 0 Å². The zero-order chi connectivity index (χ0) is 21.9. The number of carbonyl (C=O) groups is 1. The largest absolute Gasteiger partial charge is 0.284 e. The summed E-state index contributed by atoms with van der Waals surface area (Å²) in [6, 6.07) is 9.81. The third-order valence-electron chi connectivity index (χ3n) is 3.89. The molecule has 3 rings (SSSR count). The van der Waals surface area contributed by atoms with Crippen molar-refractivity contribution < 1.29 is 22.5 Å². The molecule has 0 bridgehead atoms. The number of halogens is 1. The van der Waals surface area contributed by atoms with Crippen molar-refractivity contribution in [2.45, 2.75) is 4.90 Å². The van der Waals surface area contributed by atoms with E-state index in [4.69, 9.17) is 0 Å². The molecule has 0 N–H and O–H groups in total. The number of nitrogens with zero attached hydrogens (tertiary/aromatic N) is 3. The van der Waals surface area contributed by atoms with Crippen molar-refractivity contribution in [2.75, 3.05) is 6.54 Å². The molecule has 1 aliphatic rings. The minimum atomic E-state index is -4.19. The van der Waals surface area contributed by atoms with E-state index in [1.54, 1.807) is 6.07 Å². The SMILES string of the molecule is C=CCN1C(=O)/C(=C/c2cccc([N+](=O)[O-])c2)S/C1=N/S(=O)(=O)c1ccc(F)cc1. The average molecular weight is 447 g/mol. The Balaban J connectivity index is 1.99. The van der Waals surface area contributed by atoms with Gasteiger partial charge in [0.25, 0.3) is 21.6 Å². The van der Waals surface area contributed by atoms with Gasteiger partial charge in [-0.3, -0.25) is 19.8 Å². The summed E-state index contributed by atoms with van der Waals surface area (Å²) in [5.74, 6) is -1.11. The van der Waals surface area contributed by atoms with E-state index < -0.39 is 26.7 Å². The summed E-state index contributed by atoms with van der Waals surface area (Å²) < 4.78 is 41.9. The van der Waals surface area contributed by atoms with Crippen LogP contribution in [0, 0.1) is 15.9 Å². The van der Waals surface area contributed by atoms with Gasteiger partial charge in [-0.2, -0.15) is 8.42 Å². The first-order chi connectivity index (χ1) is 14.2. The molecule has 2 aromatic rings. The van der Waals surface area contributed by atoms with Crippen molar-refractivity contribution in [1.82, 2.24) is 4.90 Å². The Morgan fingerprint density at radius 2 is 1.93 bits per heavy atom. The lowest BCUT2D eigenvalue weighted by Gasteiger charge is -2.12. The van der Waals surface area contributed by atoms with Crippen molar-refractivity contribution in [1.29, 1.82) is 0 Å². The van der Waals surface area contributed by atoms with E-state index in [1.165, 1.54) is 30.4 Å². The minimum Gasteiger partial charge on any atom is -0.282 e. The minimum absolute atomic E-state index is 0.00980. The number of amidine groups is 1. The Kier molecular flexibility index (Phi) is 6.13. The Morgan fingerprint density at radius 3 is 2.57 bits per heavy atom. The first-order valence-electron chi connectivity index (χ1n) is 8.38. The predicted molar refractivity (Wildman–Crippen MR) is 112 cm³/mol.